The smallest absolute Gasteiger partial charge is 0.0935 e. The van der Waals surface area contributed by atoms with Gasteiger partial charge in [-0.3, -0.25) is 4.84 Å². The van der Waals surface area contributed by atoms with Gasteiger partial charge in [0.25, 0.3) is 0 Å². The average Bonchev–Trinajstić information content (AvgIpc) is 2.05. The van der Waals surface area contributed by atoms with Gasteiger partial charge < -0.3 is 0 Å². The molecule has 0 aliphatic rings. The van der Waals surface area contributed by atoms with E-state index in [4.69, 9.17) is 6.21 Å². The second kappa shape index (κ2) is 4.11. The van der Waals surface area contributed by atoms with Crippen LogP contribution in [-0.2, 0) is 11.4 Å². The Hall–Kier alpha value is -0.860. The molecule has 60 valence electrons. The van der Waals surface area contributed by atoms with Gasteiger partial charge in [0.2, 0.25) is 0 Å². The van der Waals surface area contributed by atoms with Crippen LogP contribution in [0.5, 0.6) is 0 Å². The van der Waals surface area contributed by atoms with Gasteiger partial charge in [-0.2, -0.15) is 5.06 Å². The van der Waals surface area contributed by atoms with Gasteiger partial charge in [0.1, 0.15) is 0 Å². The molecule has 0 radical (unpaired) electrons. The molecule has 1 aromatic rings. The molecule has 0 N–H and O–H groups in total. The highest BCUT2D eigenvalue weighted by atomic mass is 16.7. The van der Waals surface area contributed by atoms with Gasteiger partial charge in [-0.05, 0) is 5.56 Å². The second-order valence-corrected chi connectivity index (χ2v) is 2.45. The molecule has 0 aliphatic heterocycles. The Morgan fingerprint density at radius 1 is 1.36 bits per heavy atom. The zero-order chi connectivity index (χ0) is 8.97. The highest BCUT2D eigenvalue weighted by Gasteiger charge is 1.91. The molecule has 0 amide bonds. The summed E-state index contributed by atoms with van der Waals surface area (Å²) >= 11 is 0. The minimum atomic E-state index is -0.624. The van der Waals surface area contributed by atoms with Crippen LogP contribution in [0.1, 0.15) is 6.93 Å². The number of rotatable bonds is 3. The summed E-state index contributed by atoms with van der Waals surface area (Å²) in [4.78, 5) is 5.14. The average molecular weight is 152 g/mol. The molecule has 2 nitrogen and oxygen atoms in total. The van der Waals surface area contributed by atoms with Crippen molar-refractivity contribution in [3.63, 3.8) is 0 Å². The third kappa shape index (κ3) is 3.16. The fraction of sp³-hybridized carbons (Fsp3) is 0.333. The van der Waals surface area contributed by atoms with E-state index >= 15 is 0 Å². The largest absolute Gasteiger partial charge is 0.295 e. The summed E-state index contributed by atoms with van der Waals surface area (Å²) in [6.45, 7) is -0.624. The van der Waals surface area contributed by atoms with Gasteiger partial charge in [-0.15, -0.1) is 0 Å². The fourth-order valence-corrected chi connectivity index (χ4v) is 0.698. The first-order valence-corrected chi connectivity index (χ1v) is 3.51. The summed E-state index contributed by atoms with van der Waals surface area (Å²) in [7, 11) is 3.54. The summed E-state index contributed by atoms with van der Waals surface area (Å²) in [6, 6.07) is 9.47. The van der Waals surface area contributed by atoms with Crippen LogP contribution in [0.3, 0.4) is 0 Å². The van der Waals surface area contributed by atoms with Crippen molar-refractivity contribution in [2.24, 2.45) is 0 Å². The number of hydrogen-bond acceptors (Lipinski definition) is 2. The molecule has 2 heteroatoms. The molecule has 0 aromatic heterocycles. The maximum absolute atomic E-state index is 7.58. The SMILES string of the molecule is [2H][C@@H](ON(C)C)c1ccccc1. The van der Waals surface area contributed by atoms with Crippen molar-refractivity contribution in [1.82, 2.24) is 5.06 Å². The zero-order valence-electron chi connectivity index (χ0n) is 7.82. The van der Waals surface area contributed by atoms with Crippen LogP contribution in [0.25, 0.3) is 0 Å². The predicted molar refractivity (Wildman–Crippen MR) is 44.9 cm³/mol. The molecule has 1 atom stereocenters. The van der Waals surface area contributed by atoms with Crippen molar-refractivity contribution in [1.29, 1.82) is 0 Å². The molecule has 0 saturated carbocycles. The van der Waals surface area contributed by atoms with Gasteiger partial charge in [-0.25, -0.2) is 0 Å². The Morgan fingerprint density at radius 2 is 2.00 bits per heavy atom. The van der Waals surface area contributed by atoms with E-state index in [0.717, 1.165) is 5.56 Å². The lowest BCUT2D eigenvalue weighted by molar-refractivity contribution is -0.130. The van der Waals surface area contributed by atoms with Crippen molar-refractivity contribution in [3.05, 3.63) is 35.9 Å². The minimum absolute atomic E-state index is 0.624. The molecule has 1 rings (SSSR count). The van der Waals surface area contributed by atoms with Crippen LogP contribution >= 0.6 is 0 Å². The normalized spacial score (nSPS) is 14.6. The first-order chi connectivity index (χ1) is 5.70. The molecule has 0 fully saturated rings. The van der Waals surface area contributed by atoms with Gasteiger partial charge >= 0.3 is 0 Å². The van der Waals surface area contributed by atoms with Gasteiger partial charge in [0.15, 0.2) is 0 Å². The molecule has 0 saturated heterocycles. The molecule has 0 unspecified atom stereocenters. The van der Waals surface area contributed by atoms with Crippen LogP contribution in [0, 0.1) is 0 Å². The topological polar surface area (TPSA) is 12.5 Å². The van der Waals surface area contributed by atoms with Gasteiger partial charge in [0, 0.05) is 14.1 Å². The lowest BCUT2D eigenvalue weighted by Crippen LogP contribution is -2.11. The van der Waals surface area contributed by atoms with Crippen LogP contribution in [0.15, 0.2) is 30.3 Å². The quantitative estimate of drug-likeness (QED) is 0.611. The maximum atomic E-state index is 7.58. The number of nitrogens with zero attached hydrogens (tertiary/aromatic N) is 1. The van der Waals surface area contributed by atoms with E-state index in [9.17, 15) is 0 Å². The number of hydroxylamine groups is 2. The van der Waals surface area contributed by atoms with E-state index in [1.807, 2.05) is 30.3 Å². The van der Waals surface area contributed by atoms with E-state index in [1.165, 1.54) is 5.06 Å². The Bertz CT molecular complexity index is 225. The van der Waals surface area contributed by atoms with Gasteiger partial charge in [0.05, 0.1) is 7.95 Å². The van der Waals surface area contributed by atoms with E-state index in [-0.39, 0.29) is 0 Å². The summed E-state index contributed by atoms with van der Waals surface area (Å²) in [5.41, 5.74) is 0.867. The number of hydrogen-bond donors (Lipinski definition) is 0. The van der Waals surface area contributed by atoms with Crippen molar-refractivity contribution in [2.45, 2.75) is 6.58 Å². The van der Waals surface area contributed by atoms with E-state index in [1.54, 1.807) is 14.1 Å². The van der Waals surface area contributed by atoms with Crippen LogP contribution < -0.4 is 0 Å². The highest BCUT2D eigenvalue weighted by molar-refractivity contribution is 5.13. The van der Waals surface area contributed by atoms with Crippen molar-refractivity contribution >= 4 is 0 Å². The fourth-order valence-electron chi connectivity index (χ4n) is 0.698. The van der Waals surface area contributed by atoms with E-state index in [0.29, 0.717) is 0 Å². The Balaban J connectivity index is 2.59. The Morgan fingerprint density at radius 3 is 2.55 bits per heavy atom. The lowest BCUT2D eigenvalue weighted by atomic mass is 10.2. The monoisotopic (exact) mass is 152 g/mol. The second-order valence-electron chi connectivity index (χ2n) is 2.45. The lowest BCUT2D eigenvalue weighted by Gasteiger charge is -2.09. The predicted octanol–water partition coefficient (Wildman–Crippen LogP) is 1.68. The first-order valence-electron chi connectivity index (χ1n) is 4.09. The summed E-state index contributed by atoms with van der Waals surface area (Å²) < 4.78 is 7.58. The molecule has 1 aromatic carbocycles. The molecule has 11 heavy (non-hydrogen) atoms. The van der Waals surface area contributed by atoms with E-state index in [2.05, 4.69) is 0 Å². The van der Waals surface area contributed by atoms with Crippen LogP contribution in [0.4, 0.5) is 0 Å². The maximum Gasteiger partial charge on any atom is 0.0935 e. The highest BCUT2D eigenvalue weighted by Crippen LogP contribution is 2.00. The first kappa shape index (κ1) is 6.83. The van der Waals surface area contributed by atoms with Crippen molar-refractivity contribution < 1.29 is 6.21 Å². The molecule has 0 bridgehead atoms. The van der Waals surface area contributed by atoms with Crippen LogP contribution in [-0.4, -0.2) is 19.2 Å². The minimum Gasteiger partial charge on any atom is -0.295 e. The summed E-state index contributed by atoms with van der Waals surface area (Å²) in [6.07, 6.45) is 0. The third-order valence-electron chi connectivity index (χ3n) is 1.20. The number of benzene rings is 1. The third-order valence-corrected chi connectivity index (χ3v) is 1.20. The Labute approximate surface area is 68.8 Å². The van der Waals surface area contributed by atoms with Crippen molar-refractivity contribution in [3.8, 4) is 0 Å². The molecule has 0 aliphatic carbocycles. The van der Waals surface area contributed by atoms with E-state index < -0.39 is 6.58 Å². The Kier molecular flexibility index (Phi) is 2.55. The molecular formula is C9H13NO. The van der Waals surface area contributed by atoms with Gasteiger partial charge in [-0.1, -0.05) is 30.3 Å². The molecule has 0 spiro atoms. The summed E-state index contributed by atoms with van der Waals surface area (Å²) in [5, 5.41) is 1.53. The molecular weight excluding hydrogens is 138 g/mol. The zero-order valence-corrected chi connectivity index (χ0v) is 6.82. The summed E-state index contributed by atoms with van der Waals surface area (Å²) in [5.74, 6) is 0. The van der Waals surface area contributed by atoms with Crippen LogP contribution in [0.2, 0.25) is 0 Å². The molecule has 0 heterocycles. The standard InChI is InChI=1S/C9H13NO/c1-10(2)11-8-9-6-4-3-5-7-9/h3-7H,8H2,1-2H3/i8D/t8-/m1/s1. The van der Waals surface area contributed by atoms with Crippen molar-refractivity contribution in [2.75, 3.05) is 14.1 Å².